The first-order valence-electron chi connectivity index (χ1n) is 13.0. The molecule has 0 saturated carbocycles. The number of hydrogen-bond acceptors (Lipinski definition) is 7. The van der Waals surface area contributed by atoms with Gasteiger partial charge in [0, 0.05) is 39.6 Å². The number of methoxy groups -OCH3 is 3. The second-order valence-corrected chi connectivity index (χ2v) is 11.0. The summed E-state index contributed by atoms with van der Waals surface area (Å²) >= 11 is 3.61. The molecule has 7 nitrogen and oxygen atoms in total. The van der Waals surface area contributed by atoms with E-state index in [1.165, 1.54) is 0 Å². The standard InChI is InChI=1S/C32H33BrN2O5/c1-35(2)14-12-32(36,23-7-9-27-21(16-23)11-15-40-27)29(25-10-13-34-31(39-5)30(25)38-4)26-18-22-17-24(33)8-6-20(22)19-28(26)37-3/h6-11,13,15-19,29,36H,12,14H2,1-5H3/t29-,32-/m1/s1. The van der Waals surface area contributed by atoms with Crippen LogP contribution >= 0.6 is 15.9 Å². The molecule has 0 fully saturated rings. The first-order chi connectivity index (χ1) is 19.3. The highest BCUT2D eigenvalue weighted by molar-refractivity contribution is 9.10. The fourth-order valence-electron chi connectivity index (χ4n) is 5.46. The number of furan rings is 1. The van der Waals surface area contributed by atoms with Gasteiger partial charge in [0.1, 0.15) is 16.9 Å². The minimum Gasteiger partial charge on any atom is -0.496 e. The molecule has 0 saturated heterocycles. The Bertz CT molecular complexity index is 1650. The summed E-state index contributed by atoms with van der Waals surface area (Å²) in [7, 11) is 8.80. The molecule has 2 heterocycles. The number of nitrogens with zero attached hydrogens (tertiary/aromatic N) is 2. The quantitative estimate of drug-likeness (QED) is 0.189. The average Bonchev–Trinajstić information content (AvgIpc) is 3.43. The van der Waals surface area contributed by atoms with Crippen LogP contribution in [0.1, 0.15) is 29.0 Å². The van der Waals surface area contributed by atoms with Gasteiger partial charge in [-0.1, -0.05) is 28.1 Å². The fraction of sp³-hybridized carbons (Fsp3) is 0.281. The van der Waals surface area contributed by atoms with Gasteiger partial charge in [0.15, 0.2) is 5.75 Å². The number of aromatic nitrogens is 1. The van der Waals surface area contributed by atoms with Gasteiger partial charge < -0.3 is 28.6 Å². The summed E-state index contributed by atoms with van der Waals surface area (Å²) in [4.78, 5) is 6.45. The number of rotatable bonds is 10. The number of pyridine rings is 1. The third-order valence-electron chi connectivity index (χ3n) is 7.44. The van der Waals surface area contributed by atoms with Crippen molar-refractivity contribution in [1.29, 1.82) is 0 Å². The second-order valence-electron chi connectivity index (χ2n) is 10.1. The smallest absolute Gasteiger partial charge is 0.257 e. The molecule has 208 valence electrons. The molecule has 0 aliphatic carbocycles. The molecule has 1 N–H and O–H groups in total. The molecule has 0 radical (unpaired) electrons. The van der Waals surface area contributed by atoms with Crippen molar-refractivity contribution < 1.29 is 23.7 Å². The van der Waals surface area contributed by atoms with Gasteiger partial charge >= 0.3 is 0 Å². The van der Waals surface area contributed by atoms with E-state index in [0.717, 1.165) is 42.9 Å². The largest absolute Gasteiger partial charge is 0.496 e. The third kappa shape index (κ3) is 5.14. The van der Waals surface area contributed by atoms with Crippen LogP contribution in [0.4, 0.5) is 0 Å². The minimum absolute atomic E-state index is 0.341. The zero-order valence-electron chi connectivity index (χ0n) is 23.3. The first kappa shape index (κ1) is 28.0. The number of benzene rings is 3. The zero-order chi connectivity index (χ0) is 28.4. The third-order valence-corrected chi connectivity index (χ3v) is 7.94. The van der Waals surface area contributed by atoms with Crippen LogP contribution < -0.4 is 14.2 Å². The van der Waals surface area contributed by atoms with Crippen LogP contribution in [0.15, 0.2) is 82.0 Å². The van der Waals surface area contributed by atoms with Gasteiger partial charge in [0.25, 0.3) is 5.88 Å². The molecule has 0 aliphatic rings. The van der Waals surface area contributed by atoms with E-state index in [0.29, 0.717) is 30.3 Å². The topological polar surface area (TPSA) is 77.2 Å². The predicted octanol–water partition coefficient (Wildman–Crippen LogP) is 6.74. The average molecular weight is 606 g/mol. The van der Waals surface area contributed by atoms with E-state index in [1.54, 1.807) is 33.8 Å². The Morgan fingerprint density at radius 2 is 1.73 bits per heavy atom. The van der Waals surface area contributed by atoms with Crippen molar-refractivity contribution in [1.82, 2.24) is 9.88 Å². The van der Waals surface area contributed by atoms with Gasteiger partial charge in [0.05, 0.1) is 27.6 Å². The monoisotopic (exact) mass is 604 g/mol. The fourth-order valence-corrected chi connectivity index (χ4v) is 5.83. The normalized spacial score (nSPS) is 13.9. The molecule has 8 heteroatoms. The highest BCUT2D eigenvalue weighted by Crippen LogP contribution is 2.51. The molecule has 5 rings (SSSR count). The summed E-state index contributed by atoms with van der Waals surface area (Å²) in [6, 6.07) is 19.8. The molecular formula is C32H33BrN2O5. The van der Waals surface area contributed by atoms with Gasteiger partial charge in [-0.25, -0.2) is 4.98 Å². The van der Waals surface area contributed by atoms with Crippen LogP contribution in [0.3, 0.4) is 0 Å². The SMILES string of the molecule is COc1cc2ccc(Br)cc2cc1[C@@H](c1ccnc(OC)c1OC)[C@@](O)(CCN(C)C)c1ccc2occc2c1. The summed E-state index contributed by atoms with van der Waals surface area (Å²) in [6.07, 6.45) is 3.76. The van der Waals surface area contributed by atoms with Crippen molar-refractivity contribution in [3.05, 3.63) is 94.3 Å². The van der Waals surface area contributed by atoms with Gasteiger partial charge in [-0.2, -0.15) is 0 Å². The van der Waals surface area contributed by atoms with Crippen LogP contribution in [-0.4, -0.2) is 57.0 Å². The molecular weight excluding hydrogens is 572 g/mol. The molecule has 0 bridgehead atoms. The van der Waals surface area contributed by atoms with Crippen molar-refractivity contribution in [2.75, 3.05) is 42.0 Å². The lowest BCUT2D eigenvalue weighted by Gasteiger charge is -2.39. The highest BCUT2D eigenvalue weighted by atomic mass is 79.9. The maximum absolute atomic E-state index is 13.1. The van der Waals surface area contributed by atoms with Crippen LogP contribution in [-0.2, 0) is 5.60 Å². The van der Waals surface area contributed by atoms with Crippen LogP contribution in [0, 0.1) is 0 Å². The maximum Gasteiger partial charge on any atom is 0.257 e. The number of aliphatic hydroxyl groups is 1. The van der Waals surface area contributed by atoms with E-state index in [4.69, 9.17) is 18.6 Å². The Morgan fingerprint density at radius 1 is 0.900 bits per heavy atom. The van der Waals surface area contributed by atoms with E-state index < -0.39 is 11.5 Å². The Balaban J connectivity index is 1.87. The van der Waals surface area contributed by atoms with Crippen molar-refractivity contribution in [2.24, 2.45) is 0 Å². The molecule has 40 heavy (non-hydrogen) atoms. The molecule has 0 aliphatic heterocycles. The lowest BCUT2D eigenvalue weighted by molar-refractivity contribution is 0.00337. The van der Waals surface area contributed by atoms with Crippen LogP contribution in [0.25, 0.3) is 21.7 Å². The Morgan fingerprint density at radius 3 is 2.45 bits per heavy atom. The Kier molecular flexibility index (Phi) is 8.03. The molecule has 2 aromatic heterocycles. The summed E-state index contributed by atoms with van der Waals surface area (Å²) in [5.74, 6) is 0.833. The van der Waals surface area contributed by atoms with Crippen molar-refractivity contribution in [3.8, 4) is 17.4 Å². The number of fused-ring (bicyclic) bond motifs is 2. The number of halogens is 1. The Labute approximate surface area is 242 Å². The van der Waals surface area contributed by atoms with E-state index in [2.05, 4.69) is 37.9 Å². The minimum atomic E-state index is -1.40. The summed E-state index contributed by atoms with van der Waals surface area (Å²) in [5, 5.41) is 16.0. The van der Waals surface area contributed by atoms with Gasteiger partial charge in [-0.05, 0) is 85.4 Å². The highest BCUT2D eigenvalue weighted by Gasteiger charge is 2.44. The van der Waals surface area contributed by atoms with E-state index in [1.807, 2.05) is 62.6 Å². The van der Waals surface area contributed by atoms with Crippen molar-refractivity contribution >= 4 is 37.7 Å². The van der Waals surface area contributed by atoms with Crippen molar-refractivity contribution in [2.45, 2.75) is 17.9 Å². The van der Waals surface area contributed by atoms with Gasteiger partial charge in [-0.3, -0.25) is 0 Å². The Hall–Kier alpha value is -3.59. The maximum atomic E-state index is 13.1. The zero-order valence-corrected chi connectivity index (χ0v) is 24.9. The van der Waals surface area contributed by atoms with Crippen molar-refractivity contribution in [3.63, 3.8) is 0 Å². The molecule has 5 aromatic rings. The molecule has 0 unspecified atom stereocenters. The number of ether oxygens (including phenoxy) is 3. The summed E-state index contributed by atoms with van der Waals surface area (Å²) in [6.45, 7) is 0.627. The van der Waals surface area contributed by atoms with Crippen LogP contribution in [0.2, 0.25) is 0 Å². The lowest BCUT2D eigenvalue weighted by atomic mass is 9.71. The summed E-state index contributed by atoms with van der Waals surface area (Å²) < 4.78 is 24.1. The number of hydrogen-bond donors (Lipinski definition) is 1. The van der Waals surface area contributed by atoms with E-state index in [9.17, 15) is 5.11 Å². The van der Waals surface area contributed by atoms with Gasteiger partial charge in [0.2, 0.25) is 0 Å². The molecule has 0 spiro atoms. The van der Waals surface area contributed by atoms with Gasteiger partial charge in [-0.15, -0.1) is 0 Å². The molecule has 2 atom stereocenters. The molecule has 3 aromatic carbocycles. The van der Waals surface area contributed by atoms with Crippen LogP contribution in [0.5, 0.6) is 17.4 Å². The first-order valence-corrected chi connectivity index (χ1v) is 13.8. The lowest BCUT2D eigenvalue weighted by Crippen LogP contribution is -2.38. The second kappa shape index (κ2) is 11.5. The molecule has 0 amide bonds. The van der Waals surface area contributed by atoms with E-state index in [-0.39, 0.29) is 0 Å². The van der Waals surface area contributed by atoms with E-state index >= 15 is 0 Å². The predicted molar refractivity (Wildman–Crippen MR) is 161 cm³/mol. The summed E-state index contributed by atoms with van der Waals surface area (Å²) in [5.41, 5.74) is 1.65.